The van der Waals surface area contributed by atoms with Gasteiger partial charge in [-0.1, -0.05) is 12.1 Å². The van der Waals surface area contributed by atoms with Crippen LogP contribution in [0.15, 0.2) is 29.2 Å². The number of hydrogen-bond donors (Lipinski definition) is 3. The summed E-state index contributed by atoms with van der Waals surface area (Å²) >= 11 is 0. The first-order chi connectivity index (χ1) is 7.36. The maximum Gasteiger partial charge on any atom is 0.332 e. The van der Waals surface area contributed by atoms with Crippen molar-refractivity contribution in [2.75, 3.05) is 6.54 Å². The zero-order chi connectivity index (χ0) is 12.3. The van der Waals surface area contributed by atoms with Crippen LogP contribution >= 0.6 is 0 Å². The summed E-state index contributed by atoms with van der Waals surface area (Å²) in [4.78, 5) is -0.495. The van der Waals surface area contributed by atoms with Gasteiger partial charge < -0.3 is 15.9 Å². The lowest BCUT2D eigenvalue weighted by molar-refractivity contribution is 0.0243. The average Bonchev–Trinajstić information content (AvgIpc) is 2.26. The Hall–Kier alpha value is -1.02. The van der Waals surface area contributed by atoms with Crippen molar-refractivity contribution >= 4 is 10.2 Å². The molecule has 4 N–H and O–H groups in total. The van der Waals surface area contributed by atoms with Crippen LogP contribution in [-0.4, -0.2) is 31.3 Å². The monoisotopic (exact) mass is 249 g/mol. The smallest absolute Gasteiger partial charge is 0.332 e. The molecule has 2 unspecified atom stereocenters. The third-order valence-electron chi connectivity index (χ3n) is 2.11. The molecule has 0 amide bonds. The first kappa shape index (κ1) is 13.0. The zero-order valence-corrected chi connectivity index (χ0v) is 9.06. The van der Waals surface area contributed by atoms with E-state index in [1.54, 1.807) is 0 Å². The number of benzene rings is 1. The minimum Gasteiger partial charge on any atom is -0.389 e. The highest BCUT2D eigenvalue weighted by Gasteiger charge is 2.18. The molecule has 0 saturated heterocycles. The van der Waals surface area contributed by atoms with Crippen LogP contribution in [0.4, 0.5) is 3.89 Å². The van der Waals surface area contributed by atoms with Gasteiger partial charge in [-0.3, -0.25) is 0 Å². The Bertz CT molecular complexity index is 445. The van der Waals surface area contributed by atoms with Crippen molar-refractivity contribution in [1.82, 2.24) is 0 Å². The van der Waals surface area contributed by atoms with Crippen molar-refractivity contribution in [3.05, 3.63) is 29.8 Å². The second-order valence-electron chi connectivity index (χ2n) is 3.25. The highest BCUT2D eigenvalue weighted by molar-refractivity contribution is 7.86. The molecule has 90 valence electrons. The van der Waals surface area contributed by atoms with Crippen LogP contribution < -0.4 is 5.73 Å². The summed E-state index contributed by atoms with van der Waals surface area (Å²) in [5, 5.41) is 18.8. The number of nitrogens with two attached hydrogens (primary N) is 1. The molecular formula is C9H12FNO4S. The van der Waals surface area contributed by atoms with E-state index in [1.807, 2.05) is 0 Å². The summed E-state index contributed by atoms with van der Waals surface area (Å²) < 4.78 is 33.5. The summed E-state index contributed by atoms with van der Waals surface area (Å²) in [6, 6.07) is 4.46. The second kappa shape index (κ2) is 4.88. The molecule has 16 heavy (non-hydrogen) atoms. The standard InChI is InChI=1S/C9H12FNO4S/c10-16(14,15)7-3-1-6(2-4-7)9(13)8(12)5-11/h1-4,8-9,12-13H,5,11H2. The highest BCUT2D eigenvalue weighted by Crippen LogP contribution is 2.19. The van der Waals surface area contributed by atoms with Gasteiger partial charge in [0.2, 0.25) is 0 Å². The van der Waals surface area contributed by atoms with Crippen molar-refractivity contribution in [1.29, 1.82) is 0 Å². The van der Waals surface area contributed by atoms with Gasteiger partial charge in [-0.25, -0.2) is 0 Å². The lowest BCUT2D eigenvalue weighted by atomic mass is 10.0. The van der Waals surface area contributed by atoms with Crippen molar-refractivity contribution in [3.63, 3.8) is 0 Å². The van der Waals surface area contributed by atoms with Crippen molar-refractivity contribution in [3.8, 4) is 0 Å². The number of rotatable bonds is 4. The number of hydrogen-bond acceptors (Lipinski definition) is 5. The van der Waals surface area contributed by atoms with Crippen LogP contribution in [0.25, 0.3) is 0 Å². The predicted molar refractivity (Wildman–Crippen MR) is 54.8 cm³/mol. The fraction of sp³-hybridized carbons (Fsp3) is 0.333. The molecule has 0 radical (unpaired) electrons. The third-order valence-corrected chi connectivity index (χ3v) is 2.94. The molecule has 1 rings (SSSR count). The first-order valence-corrected chi connectivity index (χ1v) is 5.85. The van der Waals surface area contributed by atoms with E-state index >= 15 is 0 Å². The lowest BCUT2D eigenvalue weighted by Crippen LogP contribution is -2.27. The van der Waals surface area contributed by atoms with Gasteiger partial charge in [-0.2, -0.15) is 8.42 Å². The molecule has 1 aromatic rings. The van der Waals surface area contributed by atoms with E-state index in [1.165, 1.54) is 12.1 Å². The van der Waals surface area contributed by atoms with Gasteiger partial charge in [0.15, 0.2) is 0 Å². The van der Waals surface area contributed by atoms with Gasteiger partial charge in [0.1, 0.15) is 6.10 Å². The molecule has 0 saturated carbocycles. The van der Waals surface area contributed by atoms with Gasteiger partial charge in [-0.05, 0) is 17.7 Å². The molecule has 1 aromatic carbocycles. The Kier molecular flexibility index (Phi) is 3.98. The van der Waals surface area contributed by atoms with E-state index in [0.29, 0.717) is 0 Å². The molecule has 5 nitrogen and oxygen atoms in total. The van der Waals surface area contributed by atoms with Gasteiger partial charge in [0.25, 0.3) is 0 Å². The Morgan fingerprint density at radius 3 is 2.12 bits per heavy atom. The van der Waals surface area contributed by atoms with E-state index in [-0.39, 0.29) is 12.1 Å². The Balaban J connectivity index is 2.96. The lowest BCUT2D eigenvalue weighted by Gasteiger charge is -2.16. The predicted octanol–water partition coefficient (Wildman–Crippen LogP) is -0.302. The van der Waals surface area contributed by atoms with Crippen molar-refractivity contribution in [2.45, 2.75) is 17.1 Å². The minimum absolute atomic E-state index is 0.135. The fourth-order valence-corrected chi connectivity index (χ4v) is 1.64. The number of aliphatic hydroxyl groups excluding tert-OH is 2. The molecule has 0 bridgehead atoms. The number of halogens is 1. The normalized spacial score (nSPS) is 15.8. The minimum atomic E-state index is -4.74. The average molecular weight is 249 g/mol. The first-order valence-electron chi connectivity index (χ1n) is 4.47. The van der Waals surface area contributed by atoms with Gasteiger partial charge in [0, 0.05) is 6.54 Å². The molecule has 0 spiro atoms. The van der Waals surface area contributed by atoms with Crippen LogP contribution in [0.5, 0.6) is 0 Å². The summed E-state index contributed by atoms with van der Waals surface area (Å²) in [6.45, 7) is -0.135. The Morgan fingerprint density at radius 2 is 1.75 bits per heavy atom. The van der Waals surface area contributed by atoms with Crippen LogP contribution in [-0.2, 0) is 10.2 Å². The maximum absolute atomic E-state index is 12.5. The summed E-state index contributed by atoms with van der Waals surface area (Å²) in [5.41, 5.74) is 5.41. The Labute approximate surface area is 92.5 Å². The molecule has 7 heteroatoms. The van der Waals surface area contributed by atoms with Crippen LogP contribution in [0, 0.1) is 0 Å². The fourth-order valence-electron chi connectivity index (χ4n) is 1.18. The van der Waals surface area contributed by atoms with Gasteiger partial charge in [0.05, 0.1) is 11.0 Å². The molecule has 0 aliphatic carbocycles. The largest absolute Gasteiger partial charge is 0.389 e. The molecule has 0 aliphatic heterocycles. The molecule has 2 atom stereocenters. The molecule has 0 fully saturated rings. The topological polar surface area (TPSA) is 101 Å². The quantitative estimate of drug-likeness (QED) is 0.636. The Morgan fingerprint density at radius 1 is 1.25 bits per heavy atom. The number of aliphatic hydroxyl groups is 2. The maximum atomic E-state index is 12.5. The molecule has 0 heterocycles. The molecule has 0 aliphatic rings. The van der Waals surface area contributed by atoms with E-state index < -0.39 is 27.3 Å². The SMILES string of the molecule is NCC(O)C(O)c1ccc(S(=O)(=O)F)cc1. The zero-order valence-electron chi connectivity index (χ0n) is 8.25. The third kappa shape index (κ3) is 2.99. The highest BCUT2D eigenvalue weighted by atomic mass is 32.3. The second-order valence-corrected chi connectivity index (χ2v) is 4.60. The molecular weight excluding hydrogens is 237 g/mol. The molecule has 0 aromatic heterocycles. The van der Waals surface area contributed by atoms with Crippen LogP contribution in [0.1, 0.15) is 11.7 Å². The van der Waals surface area contributed by atoms with E-state index in [2.05, 4.69) is 0 Å². The van der Waals surface area contributed by atoms with E-state index in [0.717, 1.165) is 12.1 Å². The van der Waals surface area contributed by atoms with E-state index in [4.69, 9.17) is 5.73 Å². The van der Waals surface area contributed by atoms with Crippen LogP contribution in [0.2, 0.25) is 0 Å². The van der Waals surface area contributed by atoms with Crippen molar-refractivity contribution < 1.29 is 22.5 Å². The summed E-state index contributed by atoms with van der Waals surface area (Å²) in [7, 11) is -4.74. The van der Waals surface area contributed by atoms with E-state index in [9.17, 15) is 22.5 Å². The van der Waals surface area contributed by atoms with Crippen LogP contribution in [0.3, 0.4) is 0 Å². The van der Waals surface area contributed by atoms with Gasteiger partial charge >= 0.3 is 10.2 Å². The summed E-state index contributed by atoms with van der Waals surface area (Å²) in [5.74, 6) is 0. The summed E-state index contributed by atoms with van der Waals surface area (Å²) in [6.07, 6.45) is -2.37. The van der Waals surface area contributed by atoms with Crippen molar-refractivity contribution in [2.24, 2.45) is 5.73 Å². The van der Waals surface area contributed by atoms with Gasteiger partial charge in [-0.15, -0.1) is 3.89 Å².